The van der Waals surface area contributed by atoms with Crippen LogP contribution in [0.15, 0.2) is 18.5 Å². The van der Waals surface area contributed by atoms with Gasteiger partial charge in [0.2, 0.25) is 0 Å². The molecular weight excluding hydrogens is 250 g/mol. The Labute approximate surface area is 122 Å². The number of hydrogen-bond donors (Lipinski definition) is 1. The minimum Gasteiger partial charge on any atom is -0.492 e. The Hall–Kier alpha value is -1.29. The summed E-state index contributed by atoms with van der Waals surface area (Å²) in [4.78, 5) is 6.72. The lowest BCUT2D eigenvalue weighted by Crippen LogP contribution is -2.27. The van der Waals surface area contributed by atoms with Crippen LogP contribution in [0.4, 0.5) is 5.69 Å². The maximum Gasteiger partial charge on any atom is 0.139 e. The summed E-state index contributed by atoms with van der Waals surface area (Å²) in [5, 5.41) is 3.42. The zero-order valence-corrected chi connectivity index (χ0v) is 12.8. The lowest BCUT2D eigenvalue weighted by molar-refractivity contribution is 0.240. The van der Waals surface area contributed by atoms with Gasteiger partial charge >= 0.3 is 0 Å². The summed E-state index contributed by atoms with van der Waals surface area (Å²) in [5.74, 6) is 1.53. The average Bonchev–Trinajstić information content (AvgIpc) is 2.78. The normalized spacial score (nSPS) is 16.2. The highest BCUT2D eigenvalue weighted by Gasteiger charge is 2.11. The number of hydrogen-bond acceptors (Lipinski definition) is 4. The second-order valence-electron chi connectivity index (χ2n) is 5.46. The minimum atomic E-state index is 0.640. The van der Waals surface area contributed by atoms with Crippen molar-refractivity contribution in [2.45, 2.75) is 33.1 Å². The fourth-order valence-corrected chi connectivity index (χ4v) is 2.50. The van der Waals surface area contributed by atoms with Crippen LogP contribution in [0.25, 0.3) is 0 Å². The summed E-state index contributed by atoms with van der Waals surface area (Å²) in [7, 11) is 0. The molecule has 0 aromatic carbocycles. The van der Waals surface area contributed by atoms with E-state index in [1.807, 2.05) is 12.4 Å². The topological polar surface area (TPSA) is 37.4 Å². The number of ether oxygens (including phenoxy) is 1. The molecule has 0 unspecified atom stereocenters. The van der Waals surface area contributed by atoms with Gasteiger partial charge in [0.25, 0.3) is 0 Å². The van der Waals surface area contributed by atoms with E-state index in [0.717, 1.165) is 38.5 Å². The zero-order valence-electron chi connectivity index (χ0n) is 12.8. The maximum absolute atomic E-state index is 5.91. The summed E-state index contributed by atoms with van der Waals surface area (Å²) >= 11 is 0. The van der Waals surface area contributed by atoms with Crippen molar-refractivity contribution in [1.82, 2.24) is 10.3 Å². The predicted molar refractivity (Wildman–Crippen MR) is 83.5 cm³/mol. The fraction of sp³-hybridized carbons (Fsp3) is 0.688. The fourth-order valence-electron chi connectivity index (χ4n) is 2.50. The number of aromatic nitrogens is 1. The smallest absolute Gasteiger partial charge is 0.139 e. The molecule has 2 heterocycles. The first-order chi connectivity index (χ1) is 9.83. The number of rotatable bonds is 6. The van der Waals surface area contributed by atoms with Crippen LogP contribution < -0.4 is 15.0 Å². The average molecular weight is 277 g/mol. The van der Waals surface area contributed by atoms with Gasteiger partial charge < -0.3 is 15.0 Å². The summed E-state index contributed by atoms with van der Waals surface area (Å²) in [6.45, 7) is 9.50. The molecule has 0 bridgehead atoms. The van der Waals surface area contributed by atoms with Gasteiger partial charge in [-0.15, -0.1) is 0 Å². The van der Waals surface area contributed by atoms with Crippen molar-refractivity contribution in [2.75, 3.05) is 37.7 Å². The lowest BCUT2D eigenvalue weighted by Gasteiger charge is -2.22. The van der Waals surface area contributed by atoms with Crippen LogP contribution in [0.1, 0.15) is 33.1 Å². The first kappa shape index (κ1) is 15.1. The Kier molecular flexibility index (Phi) is 6.12. The molecule has 0 radical (unpaired) electrons. The third-order valence-corrected chi connectivity index (χ3v) is 4.04. The number of pyridine rings is 1. The summed E-state index contributed by atoms with van der Waals surface area (Å²) in [5.41, 5.74) is 1.18. The van der Waals surface area contributed by atoms with Gasteiger partial charge in [-0.05, 0) is 18.9 Å². The van der Waals surface area contributed by atoms with E-state index < -0.39 is 0 Å². The molecule has 1 aromatic heterocycles. The molecule has 4 nitrogen and oxygen atoms in total. The highest BCUT2D eigenvalue weighted by molar-refractivity contribution is 5.48. The third kappa shape index (κ3) is 4.37. The predicted octanol–water partition coefficient (Wildman–Crippen LogP) is 2.70. The largest absolute Gasteiger partial charge is 0.492 e. The van der Waals surface area contributed by atoms with E-state index in [0.29, 0.717) is 5.92 Å². The molecule has 112 valence electrons. The van der Waals surface area contributed by atoms with Crippen LogP contribution in [-0.4, -0.2) is 37.8 Å². The standard InChI is InChI=1S/C16H27N3O/c1-3-14(4-2)13-20-16-10-15(11-18-12-16)19-8-5-6-17-7-9-19/h10-12,14,17H,3-9,13H2,1-2H3. The Morgan fingerprint density at radius 1 is 1.25 bits per heavy atom. The van der Waals surface area contributed by atoms with Crippen LogP contribution in [0.2, 0.25) is 0 Å². The van der Waals surface area contributed by atoms with Crippen molar-refractivity contribution in [2.24, 2.45) is 5.92 Å². The first-order valence-corrected chi connectivity index (χ1v) is 7.87. The third-order valence-electron chi connectivity index (χ3n) is 4.04. The molecule has 0 aliphatic carbocycles. The molecule has 1 N–H and O–H groups in total. The lowest BCUT2D eigenvalue weighted by atomic mass is 10.1. The van der Waals surface area contributed by atoms with Gasteiger partial charge in [0.05, 0.1) is 24.7 Å². The van der Waals surface area contributed by atoms with Gasteiger partial charge in [-0.1, -0.05) is 26.7 Å². The Morgan fingerprint density at radius 2 is 2.10 bits per heavy atom. The molecular formula is C16H27N3O. The highest BCUT2D eigenvalue weighted by Crippen LogP contribution is 2.21. The van der Waals surface area contributed by atoms with E-state index in [4.69, 9.17) is 4.74 Å². The highest BCUT2D eigenvalue weighted by atomic mass is 16.5. The van der Waals surface area contributed by atoms with Crippen molar-refractivity contribution >= 4 is 5.69 Å². The van der Waals surface area contributed by atoms with E-state index in [1.54, 1.807) is 0 Å². The SMILES string of the molecule is CCC(CC)COc1cncc(N2CCCNCC2)c1. The van der Waals surface area contributed by atoms with E-state index in [1.165, 1.54) is 24.9 Å². The van der Waals surface area contributed by atoms with Gasteiger partial charge in [0, 0.05) is 25.7 Å². The molecule has 0 amide bonds. The second-order valence-corrected chi connectivity index (χ2v) is 5.46. The summed E-state index contributed by atoms with van der Waals surface area (Å²) in [6.07, 6.45) is 7.28. The van der Waals surface area contributed by atoms with Crippen LogP contribution in [0.3, 0.4) is 0 Å². The van der Waals surface area contributed by atoms with Gasteiger partial charge in [-0.3, -0.25) is 4.98 Å². The van der Waals surface area contributed by atoms with Crippen molar-refractivity contribution < 1.29 is 4.74 Å². The molecule has 1 aromatic rings. The number of nitrogens with zero attached hydrogens (tertiary/aromatic N) is 2. The van der Waals surface area contributed by atoms with E-state index in [-0.39, 0.29) is 0 Å². The summed E-state index contributed by atoms with van der Waals surface area (Å²) < 4.78 is 5.91. The van der Waals surface area contributed by atoms with Crippen molar-refractivity contribution in [3.63, 3.8) is 0 Å². The quantitative estimate of drug-likeness (QED) is 0.867. The monoisotopic (exact) mass is 277 g/mol. The van der Waals surface area contributed by atoms with Crippen molar-refractivity contribution in [3.8, 4) is 5.75 Å². The first-order valence-electron chi connectivity index (χ1n) is 7.87. The molecule has 20 heavy (non-hydrogen) atoms. The van der Waals surface area contributed by atoms with E-state index >= 15 is 0 Å². The van der Waals surface area contributed by atoms with Crippen molar-refractivity contribution in [1.29, 1.82) is 0 Å². The zero-order chi connectivity index (χ0) is 14.2. The molecule has 0 spiro atoms. The van der Waals surface area contributed by atoms with Crippen LogP contribution in [0, 0.1) is 5.92 Å². The molecule has 1 aliphatic heterocycles. The van der Waals surface area contributed by atoms with E-state index in [9.17, 15) is 0 Å². The molecule has 0 atom stereocenters. The summed E-state index contributed by atoms with van der Waals surface area (Å²) in [6, 6.07) is 2.13. The van der Waals surface area contributed by atoms with Crippen LogP contribution in [0.5, 0.6) is 5.75 Å². The van der Waals surface area contributed by atoms with E-state index in [2.05, 4.69) is 35.1 Å². The van der Waals surface area contributed by atoms with Crippen LogP contribution >= 0.6 is 0 Å². The molecule has 1 aliphatic rings. The molecule has 1 fully saturated rings. The Balaban J connectivity index is 1.96. The Morgan fingerprint density at radius 3 is 2.90 bits per heavy atom. The second kappa shape index (κ2) is 8.10. The number of anilines is 1. The van der Waals surface area contributed by atoms with Gasteiger partial charge in [0.15, 0.2) is 0 Å². The molecule has 0 saturated carbocycles. The molecule has 1 saturated heterocycles. The maximum atomic E-state index is 5.91. The molecule has 4 heteroatoms. The Bertz CT molecular complexity index is 385. The van der Waals surface area contributed by atoms with Gasteiger partial charge in [0.1, 0.15) is 5.75 Å². The van der Waals surface area contributed by atoms with Crippen LogP contribution in [-0.2, 0) is 0 Å². The minimum absolute atomic E-state index is 0.640. The molecule has 2 rings (SSSR count). The van der Waals surface area contributed by atoms with Gasteiger partial charge in [-0.25, -0.2) is 0 Å². The van der Waals surface area contributed by atoms with Gasteiger partial charge in [-0.2, -0.15) is 0 Å². The van der Waals surface area contributed by atoms with Crippen molar-refractivity contribution in [3.05, 3.63) is 18.5 Å². The number of nitrogens with one attached hydrogen (secondary N) is 1.